The van der Waals surface area contributed by atoms with Gasteiger partial charge in [0.2, 0.25) is 0 Å². The monoisotopic (exact) mass is 198 g/mol. The molecule has 0 radical (unpaired) electrons. The molecular weight excluding hydrogens is 179 g/mol. The average Bonchev–Trinajstić information content (AvgIpc) is 2.50. The number of ether oxygens (including phenoxy) is 1. The van der Waals surface area contributed by atoms with Crippen LogP contribution in [0.4, 0.5) is 0 Å². The third-order valence-corrected chi connectivity index (χ3v) is 2.88. The summed E-state index contributed by atoms with van der Waals surface area (Å²) >= 11 is 0. The molecule has 1 heterocycles. The van der Waals surface area contributed by atoms with Crippen molar-refractivity contribution in [1.29, 1.82) is 0 Å². The van der Waals surface area contributed by atoms with Gasteiger partial charge in [-0.1, -0.05) is 0 Å². The number of hydrogen-bond donors (Lipinski definition) is 1. The number of hydrogen-bond acceptors (Lipinski definition) is 3. The smallest absolute Gasteiger partial charge is 0.308 e. The van der Waals surface area contributed by atoms with Crippen molar-refractivity contribution in [2.24, 2.45) is 0 Å². The van der Waals surface area contributed by atoms with Crippen molar-refractivity contribution < 1.29 is 14.5 Å². The van der Waals surface area contributed by atoms with Crippen LogP contribution >= 0.6 is 0 Å². The highest BCUT2D eigenvalue weighted by molar-refractivity contribution is 6.38. The van der Waals surface area contributed by atoms with Crippen molar-refractivity contribution in [2.45, 2.75) is 45.3 Å². The lowest BCUT2D eigenvalue weighted by Gasteiger charge is -2.37. The molecule has 0 saturated heterocycles. The molecule has 0 atom stereocenters. The molecule has 0 aromatic heterocycles. The first-order chi connectivity index (χ1) is 6.33. The first-order valence-electron chi connectivity index (χ1n) is 4.99. The molecule has 0 unspecified atom stereocenters. The Kier molecular flexibility index (Phi) is 3.27. The SMILES string of the molecule is CC(C)(O)C(C)(C)OBC1=COCC1. The maximum Gasteiger partial charge on any atom is 0.308 e. The maximum absolute atomic E-state index is 9.84. The van der Waals surface area contributed by atoms with Gasteiger partial charge in [-0.05, 0) is 39.6 Å². The van der Waals surface area contributed by atoms with Crippen LogP contribution in [0, 0.1) is 0 Å². The minimum atomic E-state index is -0.840. The topological polar surface area (TPSA) is 38.7 Å². The zero-order valence-corrected chi connectivity index (χ0v) is 9.46. The van der Waals surface area contributed by atoms with Gasteiger partial charge in [0.1, 0.15) is 0 Å². The molecule has 0 amide bonds. The second kappa shape index (κ2) is 3.95. The zero-order valence-electron chi connectivity index (χ0n) is 9.46. The zero-order chi connectivity index (χ0) is 10.8. The van der Waals surface area contributed by atoms with E-state index in [0.29, 0.717) is 7.48 Å². The summed E-state index contributed by atoms with van der Waals surface area (Å²) in [6.07, 6.45) is 2.68. The van der Waals surface area contributed by atoms with E-state index in [0.717, 1.165) is 18.5 Å². The lowest BCUT2D eigenvalue weighted by Crippen LogP contribution is -2.48. The quantitative estimate of drug-likeness (QED) is 0.689. The van der Waals surface area contributed by atoms with Crippen LogP contribution in [0.25, 0.3) is 0 Å². The third kappa shape index (κ3) is 2.76. The van der Waals surface area contributed by atoms with Crippen molar-refractivity contribution in [2.75, 3.05) is 6.61 Å². The summed E-state index contributed by atoms with van der Waals surface area (Å²) in [7, 11) is 0.539. The fourth-order valence-electron chi connectivity index (χ4n) is 0.982. The van der Waals surface area contributed by atoms with E-state index in [1.165, 1.54) is 0 Å². The number of aliphatic hydroxyl groups is 1. The van der Waals surface area contributed by atoms with Crippen molar-refractivity contribution >= 4 is 7.48 Å². The Labute approximate surface area is 86.4 Å². The fraction of sp³-hybridized carbons (Fsp3) is 0.800. The molecule has 0 saturated carbocycles. The van der Waals surface area contributed by atoms with Crippen LogP contribution in [0.5, 0.6) is 0 Å². The summed E-state index contributed by atoms with van der Waals surface area (Å²) in [5, 5.41) is 9.84. The van der Waals surface area contributed by atoms with Gasteiger partial charge in [0.25, 0.3) is 0 Å². The highest BCUT2D eigenvalue weighted by Crippen LogP contribution is 2.25. The standard InChI is InChI=1S/C10H19BO3/c1-9(2,12)10(3,4)14-11-8-5-6-13-7-8/h7,11-12H,5-6H2,1-4H3. The highest BCUT2D eigenvalue weighted by Gasteiger charge is 2.35. The van der Waals surface area contributed by atoms with Crippen LogP contribution in [0.2, 0.25) is 0 Å². The van der Waals surface area contributed by atoms with Crippen molar-refractivity contribution in [3.05, 3.63) is 11.7 Å². The van der Waals surface area contributed by atoms with Crippen LogP contribution in [-0.2, 0) is 9.39 Å². The minimum Gasteiger partial charge on any atom is -0.502 e. The highest BCUT2D eigenvalue weighted by atomic mass is 16.5. The van der Waals surface area contributed by atoms with Crippen molar-refractivity contribution in [1.82, 2.24) is 0 Å². The molecule has 0 spiro atoms. The van der Waals surface area contributed by atoms with Gasteiger partial charge in [0, 0.05) is 0 Å². The van der Waals surface area contributed by atoms with Gasteiger partial charge in [-0.25, -0.2) is 0 Å². The predicted molar refractivity (Wildman–Crippen MR) is 57.3 cm³/mol. The number of rotatable bonds is 4. The molecule has 0 fully saturated rings. The Bertz CT molecular complexity index is 228. The summed E-state index contributed by atoms with van der Waals surface area (Å²) in [5.41, 5.74) is -0.231. The molecule has 1 N–H and O–H groups in total. The molecule has 80 valence electrons. The largest absolute Gasteiger partial charge is 0.502 e. The third-order valence-electron chi connectivity index (χ3n) is 2.88. The Hall–Kier alpha value is -0.475. The maximum atomic E-state index is 9.84. The Balaban J connectivity index is 2.43. The second-order valence-electron chi connectivity index (χ2n) is 4.75. The summed E-state index contributed by atoms with van der Waals surface area (Å²) in [5.74, 6) is 0. The van der Waals surface area contributed by atoms with E-state index in [4.69, 9.17) is 9.39 Å². The molecule has 14 heavy (non-hydrogen) atoms. The average molecular weight is 198 g/mol. The molecule has 1 aliphatic rings. The van der Waals surface area contributed by atoms with Crippen LogP contribution in [0.3, 0.4) is 0 Å². The van der Waals surface area contributed by atoms with Gasteiger partial charge in [0.15, 0.2) is 0 Å². The molecule has 0 bridgehead atoms. The van der Waals surface area contributed by atoms with Gasteiger partial charge < -0.3 is 14.5 Å². The van der Waals surface area contributed by atoms with Crippen LogP contribution in [0.15, 0.2) is 11.7 Å². The Morgan fingerprint density at radius 2 is 2.07 bits per heavy atom. The van der Waals surface area contributed by atoms with Crippen LogP contribution in [0.1, 0.15) is 34.1 Å². The Morgan fingerprint density at radius 1 is 1.43 bits per heavy atom. The summed E-state index contributed by atoms with van der Waals surface area (Å²) in [6, 6.07) is 0. The van der Waals surface area contributed by atoms with E-state index in [2.05, 4.69) is 0 Å². The normalized spacial score (nSPS) is 17.6. The lowest BCUT2D eigenvalue weighted by atomic mass is 9.82. The fourth-order valence-corrected chi connectivity index (χ4v) is 0.982. The molecular formula is C10H19BO3. The van der Waals surface area contributed by atoms with Gasteiger partial charge in [-0.2, -0.15) is 0 Å². The van der Waals surface area contributed by atoms with Gasteiger partial charge in [-0.15, -0.1) is 0 Å². The summed E-state index contributed by atoms with van der Waals surface area (Å²) in [4.78, 5) is 0. The van der Waals surface area contributed by atoms with E-state index < -0.39 is 11.2 Å². The summed E-state index contributed by atoms with van der Waals surface area (Å²) < 4.78 is 10.8. The first-order valence-corrected chi connectivity index (χ1v) is 4.99. The van der Waals surface area contributed by atoms with E-state index in [-0.39, 0.29) is 0 Å². The molecule has 3 nitrogen and oxygen atoms in total. The second-order valence-corrected chi connectivity index (χ2v) is 4.75. The summed E-state index contributed by atoms with van der Waals surface area (Å²) in [6.45, 7) is 8.05. The van der Waals surface area contributed by atoms with Gasteiger partial charge in [0.05, 0.1) is 24.1 Å². The Morgan fingerprint density at radius 3 is 2.50 bits per heavy atom. The molecule has 4 heteroatoms. The van der Waals surface area contributed by atoms with Crippen LogP contribution in [-0.4, -0.2) is 30.4 Å². The molecule has 0 aromatic rings. The minimum absolute atomic E-state index is 0.539. The van der Waals surface area contributed by atoms with E-state index in [1.807, 2.05) is 13.8 Å². The predicted octanol–water partition coefficient (Wildman–Crippen LogP) is 1.17. The molecule has 1 rings (SSSR count). The lowest BCUT2D eigenvalue weighted by molar-refractivity contribution is -0.0897. The molecule has 0 aromatic carbocycles. The van der Waals surface area contributed by atoms with Crippen molar-refractivity contribution in [3.63, 3.8) is 0 Å². The first kappa shape index (κ1) is 11.6. The van der Waals surface area contributed by atoms with Crippen molar-refractivity contribution in [3.8, 4) is 0 Å². The molecule has 0 aliphatic carbocycles. The molecule has 1 aliphatic heterocycles. The van der Waals surface area contributed by atoms with Gasteiger partial charge >= 0.3 is 7.48 Å². The van der Waals surface area contributed by atoms with E-state index in [1.54, 1.807) is 20.1 Å². The van der Waals surface area contributed by atoms with E-state index >= 15 is 0 Å². The van der Waals surface area contributed by atoms with Crippen LogP contribution < -0.4 is 0 Å². The van der Waals surface area contributed by atoms with Gasteiger partial charge in [-0.3, -0.25) is 0 Å². The van der Waals surface area contributed by atoms with E-state index in [9.17, 15) is 5.11 Å².